The molecule has 12 nitrogen and oxygen atoms in total. The molecule has 4 fully saturated rings. The predicted octanol–water partition coefficient (Wildman–Crippen LogP) is 6.77. The highest BCUT2D eigenvalue weighted by Gasteiger charge is 2.43. The molecular weight excluding hydrogens is 751 g/mol. The summed E-state index contributed by atoms with van der Waals surface area (Å²) in [6.45, 7) is 7.19. The second-order valence-corrected chi connectivity index (χ2v) is 20.0. The number of hydrogen-bond donors (Lipinski definition) is 1. The zero-order chi connectivity index (χ0) is 40.5. The Hall–Kier alpha value is -4.46. The number of aromatic nitrogens is 3. The molecule has 9 rings (SSSR count). The summed E-state index contributed by atoms with van der Waals surface area (Å²) in [7, 11) is 2.15. The van der Waals surface area contributed by atoms with Gasteiger partial charge in [-0.3, -0.25) is 14.3 Å². The molecule has 4 aliphatic heterocycles. The molecule has 58 heavy (non-hydrogen) atoms. The minimum Gasteiger partial charge on any atom is -0.497 e. The van der Waals surface area contributed by atoms with Crippen LogP contribution in [-0.2, 0) is 16.6 Å². The van der Waals surface area contributed by atoms with E-state index in [1.165, 1.54) is 12.0 Å². The summed E-state index contributed by atoms with van der Waals surface area (Å²) in [5.74, 6) is 0.476. The molecule has 6 heterocycles. The maximum atomic E-state index is 15.1. The van der Waals surface area contributed by atoms with E-state index >= 15 is 4.79 Å². The van der Waals surface area contributed by atoms with Crippen molar-refractivity contribution < 1.29 is 22.7 Å². The molecular formula is C45H57N7O5S. The van der Waals surface area contributed by atoms with Gasteiger partial charge in [0.15, 0.2) is 0 Å². The fourth-order valence-electron chi connectivity index (χ4n) is 10.6. The molecule has 1 aliphatic carbocycles. The lowest BCUT2D eigenvalue weighted by Gasteiger charge is -2.39. The number of carbonyl (C=O) groups is 2. The van der Waals surface area contributed by atoms with E-state index in [9.17, 15) is 13.2 Å². The largest absolute Gasteiger partial charge is 0.497 e. The third kappa shape index (κ3) is 6.86. The van der Waals surface area contributed by atoms with Crippen LogP contribution in [0.15, 0.2) is 42.6 Å². The number of piperidine rings is 1. The van der Waals surface area contributed by atoms with Crippen LogP contribution in [0.2, 0.25) is 0 Å². The van der Waals surface area contributed by atoms with Gasteiger partial charge in [0.25, 0.3) is 11.8 Å². The fourth-order valence-corrected chi connectivity index (χ4v) is 11.2. The maximum Gasteiger partial charge on any atom is 0.264 e. The molecule has 5 aliphatic rings. The van der Waals surface area contributed by atoms with Gasteiger partial charge in [-0.1, -0.05) is 25.3 Å². The van der Waals surface area contributed by atoms with Crippen LogP contribution in [0.5, 0.6) is 5.75 Å². The van der Waals surface area contributed by atoms with E-state index in [1.807, 2.05) is 24.4 Å². The predicted molar refractivity (Wildman–Crippen MR) is 228 cm³/mol. The monoisotopic (exact) mass is 807 g/mol. The van der Waals surface area contributed by atoms with Crippen molar-refractivity contribution in [1.29, 1.82) is 0 Å². The fraction of sp³-hybridized carbons (Fsp3) is 0.533. The van der Waals surface area contributed by atoms with Crippen LogP contribution in [0.4, 0.5) is 0 Å². The van der Waals surface area contributed by atoms with Gasteiger partial charge in [0, 0.05) is 47.2 Å². The van der Waals surface area contributed by atoms with E-state index in [4.69, 9.17) is 9.84 Å². The first-order valence-corrected chi connectivity index (χ1v) is 22.8. The van der Waals surface area contributed by atoms with Crippen LogP contribution in [0.25, 0.3) is 33.8 Å². The Balaban J connectivity index is 1.26. The lowest BCUT2D eigenvalue weighted by molar-refractivity contribution is 0.0472. The van der Waals surface area contributed by atoms with Gasteiger partial charge >= 0.3 is 0 Å². The van der Waals surface area contributed by atoms with Gasteiger partial charge in [0.1, 0.15) is 5.75 Å². The zero-order valence-corrected chi connectivity index (χ0v) is 35.4. The van der Waals surface area contributed by atoms with Crippen LogP contribution >= 0.6 is 0 Å². The number of amides is 2. The van der Waals surface area contributed by atoms with Gasteiger partial charge in [-0.2, -0.15) is 5.10 Å². The first kappa shape index (κ1) is 39.0. The number of piperazine rings is 1. The summed E-state index contributed by atoms with van der Waals surface area (Å²) in [4.78, 5) is 35.6. The molecule has 2 amide bonds. The second kappa shape index (κ2) is 15.3. The highest BCUT2D eigenvalue weighted by atomic mass is 32.2. The molecule has 0 radical (unpaired) electrons. The number of sulfonamides is 1. The van der Waals surface area contributed by atoms with E-state index < -0.39 is 21.2 Å². The number of nitrogens with one attached hydrogen (secondary N) is 1. The van der Waals surface area contributed by atoms with Gasteiger partial charge in [-0.05, 0) is 139 Å². The third-order valence-electron chi connectivity index (χ3n) is 13.7. The summed E-state index contributed by atoms with van der Waals surface area (Å²) in [5, 5.41) is 5.42. The van der Waals surface area contributed by atoms with E-state index in [0.717, 1.165) is 122 Å². The number of carbonyl (C=O) groups excluding carboxylic acids is 2. The molecule has 2 atom stereocenters. The van der Waals surface area contributed by atoms with Crippen LogP contribution in [-0.4, -0.2) is 114 Å². The molecule has 2 bridgehead atoms. The number of likely N-dealkylation sites (tertiary alicyclic amines) is 2. The van der Waals surface area contributed by atoms with Crippen molar-refractivity contribution in [2.75, 3.05) is 47.4 Å². The summed E-state index contributed by atoms with van der Waals surface area (Å²) in [6.07, 6.45) is 13.6. The van der Waals surface area contributed by atoms with Crippen molar-refractivity contribution in [2.24, 2.45) is 0 Å². The number of hydrogen-bond acceptors (Lipinski definition) is 8. The van der Waals surface area contributed by atoms with Crippen molar-refractivity contribution in [1.82, 2.24) is 33.8 Å². The van der Waals surface area contributed by atoms with E-state index in [1.54, 1.807) is 27.0 Å². The SMILES string of the molecule is COc1ccc2c(c1)C=C(c1c(C(=O)N3C4CCC3CN(C)C4)cnn1C1CCN(C)CC1)Cn1c-2c(C2CCCCC2)c2ccc(C(=O)NS(=O)(=O)C(C)C)cc21. The topological polar surface area (TPSA) is 122 Å². The summed E-state index contributed by atoms with van der Waals surface area (Å²) < 4.78 is 38.4. The van der Waals surface area contributed by atoms with Crippen molar-refractivity contribution in [3.05, 3.63) is 70.5 Å². The summed E-state index contributed by atoms with van der Waals surface area (Å²) in [6, 6.07) is 12.4. The van der Waals surface area contributed by atoms with Crippen LogP contribution in [0.1, 0.15) is 121 Å². The Labute approximate surface area is 342 Å². The molecule has 2 aromatic carbocycles. The summed E-state index contributed by atoms with van der Waals surface area (Å²) in [5.41, 5.74) is 8.07. The highest BCUT2D eigenvalue weighted by Crippen LogP contribution is 2.48. The Morgan fingerprint density at radius 1 is 0.862 bits per heavy atom. The Morgan fingerprint density at radius 3 is 2.28 bits per heavy atom. The number of likely N-dealkylation sites (N-methyl/N-ethyl adjacent to an activating group) is 1. The smallest absolute Gasteiger partial charge is 0.264 e. The van der Waals surface area contributed by atoms with Gasteiger partial charge in [0.2, 0.25) is 10.0 Å². The van der Waals surface area contributed by atoms with E-state index in [2.05, 4.69) is 61.0 Å². The number of nitrogens with zero attached hydrogens (tertiary/aromatic N) is 6. The molecule has 308 valence electrons. The minimum atomic E-state index is -3.85. The normalized spacial score (nSPS) is 22.2. The highest BCUT2D eigenvalue weighted by molar-refractivity contribution is 7.90. The van der Waals surface area contributed by atoms with Crippen LogP contribution in [0, 0.1) is 0 Å². The Bertz CT molecular complexity index is 2390. The molecule has 2 aromatic heterocycles. The van der Waals surface area contributed by atoms with Crippen molar-refractivity contribution >= 4 is 44.4 Å². The number of methoxy groups -OCH3 is 1. The number of benzene rings is 2. The third-order valence-corrected chi connectivity index (χ3v) is 15.4. The van der Waals surface area contributed by atoms with Crippen LogP contribution < -0.4 is 9.46 Å². The Morgan fingerprint density at radius 2 is 1.59 bits per heavy atom. The zero-order valence-electron chi connectivity index (χ0n) is 34.5. The lowest BCUT2D eigenvalue weighted by Crippen LogP contribution is -2.54. The minimum absolute atomic E-state index is 0.0524. The van der Waals surface area contributed by atoms with E-state index in [0.29, 0.717) is 18.0 Å². The molecule has 1 saturated carbocycles. The maximum absolute atomic E-state index is 15.1. The van der Waals surface area contributed by atoms with Crippen molar-refractivity contribution in [3.63, 3.8) is 0 Å². The average molecular weight is 808 g/mol. The second-order valence-electron chi connectivity index (χ2n) is 17.8. The molecule has 1 N–H and O–H groups in total. The average Bonchev–Trinajstić information content (AvgIpc) is 3.84. The number of rotatable bonds is 8. The van der Waals surface area contributed by atoms with Crippen molar-refractivity contribution in [2.45, 2.75) is 107 Å². The van der Waals surface area contributed by atoms with Gasteiger partial charge in [-0.25, -0.2) is 13.1 Å². The van der Waals surface area contributed by atoms with Gasteiger partial charge in [-0.15, -0.1) is 0 Å². The standard InChI is InChI=1S/C45H57N7O5S/c1-28(2)58(55,56)47-44(53)30-11-15-38-40(23-30)50-25-32(21-31-22-36(57-5)14-16-37(31)43(50)41(38)29-9-7-6-8-10-29)42-39(24-46-52(42)33-17-19-48(3)20-18-33)45(54)51-34-12-13-35(51)27-49(4)26-34/h11,14-16,21-24,28-29,33-35H,6-10,12-13,17-20,25-27H2,1-5H3,(H,47,53). The number of fused-ring (bicyclic) bond motifs is 7. The number of ether oxygens (including phenoxy) is 1. The van der Waals surface area contributed by atoms with E-state index in [-0.39, 0.29) is 29.6 Å². The molecule has 0 spiro atoms. The summed E-state index contributed by atoms with van der Waals surface area (Å²) >= 11 is 0. The molecule has 2 unspecified atom stereocenters. The number of allylic oxidation sites excluding steroid dienone is 1. The quantitative estimate of drug-likeness (QED) is 0.207. The first-order valence-electron chi connectivity index (χ1n) is 21.3. The lowest BCUT2D eigenvalue weighted by atomic mass is 9.81. The molecule has 3 saturated heterocycles. The molecule has 4 aromatic rings. The first-order chi connectivity index (χ1) is 27.9. The Kier molecular flexibility index (Phi) is 10.3. The van der Waals surface area contributed by atoms with Gasteiger partial charge in [0.05, 0.1) is 48.1 Å². The van der Waals surface area contributed by atoms with Crippen molar-refractivity contribution in [3.8, 4) is 17.0 Å². The van der Waals surface area contributed by atoms with Crippen LogP contribution in [0.3, 0.4) is 0 Å². The van der Waals surface area contributed by atoms with Gasteiger partial charge < -0.3 is 24.0 Å². The molecule has 13 heteroatoms.